The summed E-state index contributed by atoms with van der Waals surface area (Å²) in [5.41, 5.74) is 2.23. The highest BCUT2D eigenvalue weighted by Gasteiger charge is 2.12. The Kier molecular flexibility index (Phi) is 4.26. The number of anilines is 1. The molecule has 0 bridgehead atoms. The first-order valence-corrected chi connectivity index (χ1v) is 8.21. The van der Waals surface area contributed by atoms with E-state index in [9.17, 15) is 0 Å². The lowest BCUT2D eigenvalue weighted by Crippen LogP contribution is -2.19. The molecular formula is C15H14Br2N4. The van der Waals surface area contributed by atoms with Gasteiger partial charge in [-0.25, -0.2) is 9.50 Å². The van der Waals surface area contributed by atoms with Crippen LogP contribution in [0.4, 0.5) is 5.82 Å². The van der Waals surface area contributed by atoms with E-state index in [0.717, 1.165) is 26.7 Å². The Hall–Kier alpha value is -1.40. The summed E-state index contributed by atoms with van der Waals surface area (Å²) < 4.78 is 3.88. The van der Waals surface area contributed by atoms with Gasteiger partial charge in [-0.1, -0.05) is 34.1 Å². The van der Waals surface area contributed by atoms with Gasteiger partial charge < -0.3 is 5.32 Å². The van der Waals surface area contributed by atoms with E-state index < -0.39 is 0 Å². The average molecular weight is 410 g/mol. The number of fused-ring (bicyclic) bond motifs is 1. The summed E-state index contributed by atoms with van der Waals surface area (Å²) in [6, 6.07) is 8.53. The van der Waals surface area contributed by atoms with Crippen molar-refractivity contribution >= 4 is 43.2 Å². The fourth-order valence-electron chi connectivity index (χ4n) is 2.29. The molecule has 3 aromatic rings. The van der Waals surface area contributed by atoms with Crippen LogP contribution in [0.3, 0.4) is 0 Å². The normalized spacial score (nSPS) is 12.5. The lowest BCUT2D eigenvalue weighted by atomic mass is 10.1. The molecule has 0 aliphatic rings. The molecule has 6 heteroatoms. The Bertz CT molecular complexity index is 769. The second kappa shape index (κ2) is 6.15. The predicted octanol–water partition coefficient (Wildman–Crippen LogP) is 4.30. The minimum atomic E-state index is 0.254. The molecule has 4 nitrogen and oxygen atoms in total. The van der Waals surface area contributed by atoms with Crippen molar-refractivity contribution in [1.29, 1.82) is 0 Å². The van der Waals surface area contributed by atoms with Gasteiger partial charge >= 0.3 is 0 Å². The molecule has 3 rings (SSSR count). The molecule has 0 amide bonds. The zero-order valence-electron chi connectivity index (χ0n) is 11.4. The summed E-state index contributed by atoms with van der Waals surface area (Å²) in [4.78, 5) is 4.43. The fraction of sp³-hybridized carbons (Fsp3) is 0.200. The molecule has 2 heterocycles. The van der Waals surface area contributed by atoms with Crippen LogP contribution in [0.5, 0.6) is 0 Å². The standard InChI is InChI=1S/C15H14Br2N4/c1-10(8-11-4-2-3-5-12(11)16)20-15-14-13(17)9-19-21(14)7-6-18-15/h2-7,9-10H,8H2,1H3,(H,18,20). The minimum Gasteiger partial charge on any atom is -0.365 e. The lowest BCUT2D eigenvalue weighted by molar-refractivity contribution is 0.781. The van der Waals surface area contributed by atoms with Crippen molar-refractivity contribution in [2.75, 3.05) is 5.32 Å². The minimum absolute atomic E-state index is 0.254. The molecule has 0 radical (unpaired) electrons. The van der Waals surface area contributed by atoms with Crippen LogP contribution in [-0.2, 0) is 6.42 Å². The smallest absolute Gasteiger partial charge is 0.153 e. The third-order valence-corrected chi connectivity index (χ3v) is 4.61. The van der Waals surface area contributed by atoms with E-state index in [-0.39, 0.29) is 6.04 Å². The van der Waals surface area contributed by atoms with E-state index in [1.165, 1.54) is 5.56 Å². The second-order valence-corrected chi connectivity index (χ2v) is 6.61. The van der Waals surface area contributed by atoms with E-state index in [1.54, 1.807) is 12.4 Å². The van der Waals surface area contributed by atoms with E-state index in [0.29, 0.717) is 0 Å². The maximum absolute atomic E-state index is 4.43. The van der Waals surface area contributed by atoms with Crippen LogP contribution in [0.25, 0.3) is 5.52 Å². The Labute approximate surface area is 139 Å². The summed E-state index contributed by atoms with van der Waals surface area (Å²) in [7, 11) is 0. The Morgan fingerprint density at radius 3 is 2.86 bits per heavy atom. The molecule has 0 fully saturated rings. The molecule has 0 saturated heterocycles. The molecular weight excluding hydrogens is 396 g/mol. The molecule has 0 aliphatic heterocycles. The first kappa shape index (κ1) is 14.5. The van der Waals surface area contributed by atoms with Crippen LogP contribution in [0.15, 0.2) is 51.8 Å². The highest BCUT2D eigenvalue weighted by atomic mass is 79.9. The number of hydrogen-bond donors (Lipinski definition) is 1. The van der Waals surface area contributed by atoms with Crippen molar-refractivity contribution in [1.82, 2.24) is 14.6 Å². The summed E-state index contributed by atoms with van der Waals surface area (Å²) in [5, 5.41) is 7.73. The van der Waals surface area contributed by atoms with Gasteiger partial charge in [0.1, 0.15) is 5.52 Å². The van der Waals surface area contributed by atoms with Crippen molar-refractivity contribution in [3.05, 3.63) is 57.4 Å². The van der Waals surface area contributed by atoms with E-state index >= 15 is 0 Å². The topological polar surface area (TPSA) is 42.2 Å². The maximum Gasteiger partial charge on any atom is 0.153 e. The molecule has 0 spiro atoms. The van der Waals surface area contributed by atoms with Crippen molar-refractivity contribution in [2.24, 2.45) is 0 Å². The van der Waals surface area contributed by atoms with Crippen LogP contribution in [0.2, 0.25) is 0 Å². The molecule has 2 aromatic heterocycles. The molecule has 1 unspecified atom stereocenters. The largest absolute Gasteiger partial charge is 0.365 e. The van der Waals surface area contributed by atoms with Crippen molar-refractivity contribution in [3.63, 3.8) is 0 Å². The quantitative estimate of drug-likeness (QED) is 0.698. The number of benzene rings is 1. The molecule has 1 aromatic carbocycles. The van der Waals surface area contributed by atoms with E-state index in [2.05, 4.69) is 72.4 Å². The zero-order valence-corrected chi connectivity index (χ0v) is 14.6. The van der Waals surface area contributed by atoms with Gasteiger partial charge in [0.15, 0.2) is 5.82 Å². The zero-order chi connectivity index (χ0) is 14.8. The number of rotatable bonds is 4. The van der Waals surface area contributed by atoms with Gasteiger partial charge in [-0.3, -0.25) is 0 Å². The third kappa shape index (κ3) is 3.11. The van der Waals surface area contributed by atoms with E-state index in [4.69, 9.17) is 0 Å². The third-order valence-electron chi connectivity index (χ3n) is 3.25. The summed E-state index contributed by atoms with van der Waals surface area (Å²) in [5.74, 6) is 0.835. The van der Waals surface area contributed by atoms with Crippen LogP contribution in [-0.4, -0.2) is 20.6 Å². The highest BCUT2D eigenvalue weighted by Crippen LogP contribution is 2.24. The molecule has 0 saturated carbocycles. The molecule has 1 atom stereocenters. The van der Waals surface area contributed by atoms with Gasteiger partial charge in [0.25, 0.3) is 0 Å². The van der Waals surface area contributed by atoms with Crippen molar-refractivity contribution in [3.8, 4) is 0 Å². The molecule has 21 heavy (non-hydrogen) atoms. The predicted molar refractivity (Wildman–Crippen MR) is 91.6 cm³/mol. The second-order valence-electron chi connectivity index (χ2n) is 4.90. The Morgan fingerprint density at radius 1 is 1.24 bits per heavy atom. The molecule has 0 aliphatic carbocycles. The van der Waals surface area contributed by atoms with E-state index in [1.807, 2.05) is 16.8 Å². The summed E-state index contributed by atoms with van der Waals surface area (Å²) >= 11 is 7.11. The Balaban J connectivity index is 1.82. The molecule has 108 valence electrons. The van der Waals surface area contributed by atoms with Crippen LogP contribution >= 0.6 is 31.9 Å². The molecule has 1 N–H and O–H groups in total. The number of hydrogen-bond acceptors (Lipinski definition) is 3. The van der Waals surface area contributed by atoms with Gasteiger partial charge in [-0.05, 0) is 40.9 Å². The monoisotopic (exact) mass is 408 g/mol. The lowest BCUT2D eigenvalue weighted by Gasteiger charge is -2.16. The van der Waals surface area contributed by atoms with Crippen LogP contribution < -0.4 is 5.32 Å². The van der Waals surface area contributed by atoms with Gasteiger partial charge in [0.2, 0.25) is 0 Å². The Morgan fingerprint density at radius 2 is 2.05 bits per heavy atom. The first-order valence-electron chi connectivity index (χ1n) is 6.63. The number of halogens is 2. The van der Waals surface area contributed by atoms with Gasteiger partial charge in [-0.15, -0.1) is 0 Å². The average Bonchev–Trinajstić information content (AvgIpc) is 2.84. The number of aromatic nitrogens is 3. The van der Waals surface area contributed by atoms with Gasteiger partial charge in [-0.2, -0.15) is 5.10 Å². The maximum atomic E-state index is 4.43. The number of nitrogens with zero attached hydrogens (tertiary/aromatic N) is 3. The number of nitrogens with one attached hydrogen (secondary N) is 1. The van der Waals surface area contributed by atoms with Gasteiger partial charge in [0, 0.05) is 22.9 Å². The van der Waals surface area contributed by atoms with Crippen LogP contribution in [0.1, 0.15) is 12.5 Å². The summed E-state index contributed by atoms with van der Waals surface area (Å²) in [6.45, 7) is 2.15. The van der Waals surface area contributed by atoms with Crippen molar-refractivity contribution < 1.29 is 0 Å². The fourth-order valence-corrected chi connectivity index (χ4v) is 3.20. The highest BCUT2D eigenvalue weighted by molar-refractivity contribution is 9.11. The van der Waals surface area contributed by atoms with Crippen molar-refractivity contribution in [2.45, 2.75) is 19.4 Å². The first-order chi connectivity index (χ1) is 10.1. The van der Waals surface area contributed by atoms with Gasteiger partial charge in [0.05, 0.1) is 10.7 Å². The van der Waals surface area contributed by atoms with Crippen LogP contribution in [0, 0.1) is 0 Å². The SMILES string of the molecule is CC(Cc1ccccc1Br)Nc1nccn2ncc(Br)c12. The summed E-state index contributed by atoms with van der Waals surface area (Å²) in [6.07, 6.45) is 6.28.